The number of hydrogen-bond acceptors (Lipinski definition) is 8. The smallest absolute Gasteiger partial charge is 0.425 e. The molecule has 1 aliphatic heterocycles. The van der Waals surface area contributed by atoms with Crippen LogP contribution in [0.3, 0.4) is 0 Å². The summed E-state index contributed by atoms with van der Waals surface area (Å²) in [6, 6.07) is 12.5. The number of likely N-dealkylation sites (tertiary alicyclic amines) is 1. The SMILES string of the molecule is C[C@@H]1CCN(C(=O)CC#N)C[C@@H]1N(C)c1ncnc2c1ccn2P(=O)(NCCCCNC(=O)O)Oc1ccccc1. The minimum absolute atomic E-state index is 0.0437. The van der Waals surface area contributed by atoms with Crippen molar-refractivity contribution in [3.05, 3.63) is 48.9 Å². The molecule has 218 valence electrons. The average molecular weight is 583 g/mol. The van der Waals surface area contributed by atoms with Gasteiger partial charge in [0.05, 0.1) is 17.5 Å². The highest BCUT2D eigenvalue weighted by molar-refractivity contribution is 7.55. The number of piperidine rings is 1. The number of fused-ring (bicyclic) bond motifs is 1. The molecule has 13 nitrogen and oxygen atoms in total. The van der Waals surface area contributed by atoms with Gasteiger partial charge in [-0.3, -0.25) is 4.79 Å². The quantitative estimate of drug-likeness (QED) is 0.212. The van der Waals surface area contributed by atoms with Crippen molar-refractivity contribution >= 4 is 36.5 Å². The van der Waals surface area contributed by atoms with E-state index in [4.69, 9.17) is 14.9 Å². The second-order valence-corrected chi connectivity index (χ2v) is 12.0. The number of rotatable bonds is 12. The van der Waals surface area contributed by atoms with Crippen molar-refractivity contribution in [2.75, 3.05) is 38.1 Å². The first-order valence-electron chi connectivity index (χ1n) is 13.5. The number of carbonyl (C=O) groups is 2. The van der Waals surface area contributed by atoms with Gasteiger partial charge in [0.15, 0.2) is 5.65 Å². The summed E-state index contributed by atoms with van der Waals surface area (Å²) < 4.78 is 21.9. The van der Waals surface area contributed by atoms with Gasteiger partial charge in [0, 0.05) is 39.4 Å². The first kappa shape index (κ1) is 29.8. The Bertz CT molecular complexity index is 1440. The van der Waals surface area contributed by atoms with Crippen LogP contribution in [0, 0.1) is 17.2 Å². The molecule has 0 bridgehead atoms. The lowest BCUT2D eigenvalue weighted by atomic mass is 9.92. The lowest BCUT2D eigenvalue weighted by Gasteiger charge is -2.42. The molecule has 1 aromatic carbocycles. The van der Waals surface area contributed by atoms with Crippen molar-refractivity contribution in [3.8, 4) is 11.8 Å². The van der Waals surface area contributed by atoms with Crippen LogP contribution in [-0.4, -0.2) is 75.6 Å². The maximum atomic E-state index is 14.4. The molecule has 2 aromatic heterocycles. The molecule has 2 amide bonds. The van der Waals surface area contributed by atoms with Gasteiger partial charge in [-0.15, -0.1) is 0 Å². The van der Waals surface area contributed by atoms with Gasteiger partial charge in [0.2, 0.25) is 5.91 Å². The highest BCUT2D eigenvalue weighted by atomic mass is 31.2. The van der Waals surface area contributed by atoms with Crippen LogP contribution in [0.15, 0.2) is 48.9 Å². The topological polar surface area (TPSA) is 166 Å². The Balaban J connectivity index is 1.61. The van der Waals surface area contributed by atoms with E-state index in [0.717, 1.165) is 6.42 Å². The molecule has 1 aliphatic rings. The molecular weight excluding hydrogens is 547 g/mol. The van der Waals surface area contributed by atoms with Crippen molar-refractivity contribution in [1.29, 1.82) is 5.26 Å². The number of para-hydroxylation sites is 1. The zero-order valence-electron chi connectivity index (χ0n) is 23.1. The van der Waals surface area contributed by atoms with E-state index >= 15 is 0 Å². The van der Waals surface area contributed by atoms with Crippen LogP contribution < -0.4 is 19.8 Å². The third-order valence-electron chi connectivity index (χ3n) is 7.22. The highest BCUT2D eigenvalue weighted by Gasteiger charge is 2.34. The lowest BCUT2D eigenvalue weighted by molar-refractivity contribution is -0.131. The Morgan fingerprint density at radius 2 is 1.98 bits per heavy atom. The molecule has 1 fully saturated rings. The van der Waals surface area contributed by atoms with Crippen molar-refractivity contribution < 1.29 is 23.8 Å². The fourth-order valence-electron chi connectivity index (χ4n) is 4.98. The maximum Gasteiger partial charge on any atom is 0.425 e. The summed E-state index contributed by atoms with van der Waals surface area (Å²) in [5, 5.41) is 23.8. The molecule has 0 radical (unpaired) electrons. The second-order valence-electron chi connectivity index (χ2n) is 9.99. The fourth-order valence-corrected chi connectivity index (χ4v) is 6.78. The van der Waals surface area contributed by atoms with Gasteiger partial charge < -0.3 is 24.7 Å². The molecule has 0 spiro atoms. The summed E-state index contributed by atoms with van der Waals surface area (Å²) in [4.78, 5) is 35.9. The standard InChI is InChI=1S/C27H35N8O5P/c1-20-11-16-34(24(36)10-13-28)18-23(20)33(2)25-22-12-17-35(26(22)31-19-30-25)41(39,40-21-8-4-3-5-9-21)32-15-7-6-14-29-27(37)38/h3-5,8-9,12,17,19-20,23,29H,6-7,10-11,14-16,18H2,1-2H3,(H,32,39)(H,37,38)/t20-,23+,41?/m1/s1. The van der Waals surface area contributed by atoms with E-state index in [9.17, 15) is 14.2 Å². The summed E-state index contributed by atoms with van der Waals surface area (Å²) in [7, 11) is -1.83. The Morgan fingerprint density at radius 1 is 1.22 bits per heavy atom. The molecule has 0 saturated carbocycles. The third-order valence-corrected chi connectivity index (χ3v) is 9.19. The average Bonchev–Trinajstić information content (AvgIpc) is 3.41. The molecule has 3 N–H and O–H groups in total. The van der Waals surface area contributed by atoms with Crippen LogP contribution in [0.25, 0.3) is 11.0 Å². The van der Waals surface area contributed by atoms with E-state index in [2.05, 4.69) is 27.3 Å². The Kier molecular flexibility index (Phi) is 9.81. The normalized spacial score (nSPS) is 18.3. The number of amides is 2. The Hall–Kier alpha value is -4.14. The summed E-state index contributed by atoms with van der Waals surface area (Å²) in [5.74, 6) is 1.14. The van der Waals surface area contributed by atoms with Gasteiger partial charge in [0.25, 0.3) is 0 Å². The van der Waals surface area contributed by atoms with Gasteiger partial charge in [-0.25, -0.2) is 28.8 Å². The van der Waals surface area contributed by atoms with Gasteiger partial charge in [-0.05, 0) is 43.4 Å². The van der Waals surface area contributed by atoms with E-state index in [1.165, 1.54) is 10.7 Å². The number of nitrogens with zero attached hydrogens (tertiary/aromatic N) is 6. The zero-order valence-corrected chi connectivity index (χ0v) is 24.0. The number of unbranched alkanes of at least 4 members (excludes halogenated alkanes) is 1. The zero-order chi connectivity index (χ0) is 29.4. The molecule has 1 unspecified atom stereocenters. The molecule has 3 atom stereocenters. The van der Waals surface area contributed by atoms with Crippen molar-refractivity contribution in [3.63, 3.8) is 0 Å². The number of benzene rings is 1. The van der Waals surface area contributed by atoms with Gasteiger partial charge in [-0.1, -0.05) is 25.1 Å². The predicted octanol–water partition coefficient (Wildman–Crippen LogP) is 3.69. The number of anilines is 1. The van der Waals surface area contributed by atoms with Crippen LogP contribution in [0.4, 0.5) is 10.6 Å². The van der Waals surface area contributed by atoms with E-state index in [1.807, 2.05) is 24.1 Å². The Morgan fingerprint density at radius 3 is 2.71 bits per heavy atom. The summed E-state index contributed by atoms with van der Waals surface area (Å²) in [6.45, 7) is 3.82. The number of carboxylic acid groups (broad SMARTS) is 1. The highest BCUT2D eigenvalue weighted by Crippen LogP contribution is 2.47. The van der Waals surface area contributed by atoms with E-state index < -0.39 is 13.8 Å². The number of nitriles is 1. The van der Waals surface area contributed by atoms with Crippen LogP contribution in [-0.2, 0) is 9.36 Å². The molecule has 3 aromatic rings. The summed E-state index contributed by atoms with van der Waals surface area (Å²) >= 11 is 0. The number of nitrogens with one attached hydrogen (secondary N) is 2. The van der Waals surface area contributed by atoms with Gasteiger partial charge in [-0.2, -0.15) is 5.26 Å². The molecule has 0 aliphatic carbocycles. The van der Waals surface area contributed by atoms with Gasteiger partial charge >= 0.3 is 13.8 Å². The van der Waals surface area contributed by atoms with Crippen LogP contribution >= 0.6 is 7.67 Å². The minimum Gasteiger partial charge on any atom is -0.465 e. The van der Waals surface area contributed by atoms with Crippen molar-refractivity contribution in [2.45, 2.75) is 38.6 Å². The Labute approximate surface area is 238 Å². The fraction of sp³-hybridized carbons (Fsp3) is 0.444. The van der Waals surface area contributed by atoms with Crippen LogP contribution in [0.1, 0.15) is 32.6 Å². The summed E-state index contributed by atoms with van der Waals surface area (Å²) in [6.07, 6.45) is 3.76. The van der Waals surface area contributed by atoms with E-state index in [0.29, 0.717) is 55.1 Å². The van der Waals surface area contributed by atoms with Crippen molar-refractivity contribution in [2.24, 2.45) is 5.92 Å². The molecule has 41 heavy (non-hydrogen) atoms. The van der Waals surface area contributed by atoms with Gasteiger partial charge in [0.1, 0.15) is 24.3 Å². The maximum absolute atomic E-state index is 14.4. The summed E-state index contributed by atoms with van der Waals surface area (Å²) in [5.41, 5.74) is 0.419. The molecule has 14 heteroatoms. The molecule has 1 saturated heterocycles. The number of likely N-dealkylation sites (N-methyl/N-ethyl adjacent to an activating group) is 1. The number of hydrogen-bond donors (Lipinski definition) is 3. The monoisotopic (exact) mass is 582 g/mol. The van der Waals surface area contributed by atoms with E-state index in [-0.39, 0.29) is 30.8 Å². The van der Waals surface area contributed by atoms with Crippen LogP contribution in [0.5, 0.6) is 5.75 Å². The molecular formula is C27H35N8O5P. The first-order chi connectivity index (χ1) is 19.7. The van der Waals surface area contributed by atoms with Crippen LogP contribution in [0.2, 0.25) is 0 Å². The molecule has 3 heterocycles. The number of carbonyl (C=O) groups excluding carboxylic acids is 1. The lowest BCUT2D eigenvalue weighted by Crippen LogP contribution is -2.52. The van der Waals surface area contributed by atoms with E-state index in [1.54, 1.807) is 41.4 Å². The largest absolute Gasteiger partial charge is 0.465 e. The first-order valence-corrected chi connectivity index (χ1v) is 15.1. The predicted molar refractivity (Wildman–Crippen MR) is 154 cm³/mol. The minimum atomic E-state index is -3.75. The third kappa shape index (κ3) is 7.14. The number of aromatic nitrogens is 3. The molecule has 4 rings (SSSR count). The van der Waals surface area contributed by atoms with Crippen molar-refractivity contribution in [1.82, 2.24) is 29.6 Å². The second kappa shape index (κ2) is 13.5.